The maximum atomic E-state index is 13.5. The molecule has 9 rings (SSSR count). The van der Waals surface area contributed by atoms with Crippen LogP contribution >= 0.6 is 0 Å². The van der Waals surface area contributed by atoms with Crippen LogP contribution < -0.4 is 5.32 Å². The summed E-state index contributed by atoms with van der Waals surface area (Å²) in [6, 6.07) is 8.75. The minimum Gasteiger partial charge on any atom is -0.446 e. The highest BCUT2D eigenvalue weighted by Gasteiger charge is 2.28. The largest absolute Gasteiger partial charge is 0.446 e. The van der Waals surface area contributed by atoms with Gasteiger partial charge >= 0.3 is 0 Å². The van der Waals surface area contributed by atoms with Crippen LogP contribution in [0.1, 0.15) is 47.1 Å². The van der Waals surface area contributed by atoms with E-state index in [9.17, 15) is 4.79 Å². The van der Waals surface area contributed by atoms with Gasteiger partial charge in [-0.2, -0.15) is 0 Å². The lowest BCUT2D eigenvalue weighted by Gasteiger charge is -2.15. The second-order valence-electron chi connectivity index (χ2n) is 11.3. The third kappa shape index (κ3) is 5.80. The normalized spacial score (nSPS) is 14.0. The molecule has 14 bridgehead atoms. The van der Waals surface area contributed by atoms with Crippen molar-refractivity contribution in [3.05, 3.63) is 90.8 Å². The minimum atomic E-state index is -0.840. The first-order valence-corrected chi connectivity index (χ1v) is 15.8. The molecule has 8 heterocycles. The number of ether oxygens (including phenoxy) is 1. The van der Waals surface area contributed by atoms with Crippen LogP contribution in [0.25, 0.3) is 69.5 Å². The van der Waals surface area contributed by atoms with Crippen molar-refractivity contribution in [3.8, 4) is 69.5 Å². The summed E-state index contributed by atoms with van der Waals surface area (Å²) in [5.74, 6) is 0.938. The molecule has 0 radical (unpaired) electrons. The molecule has 1 unspecified atom stereocenters. The molecule has 1 aliphatic heterocycles. The van der Waals surface area contributed by atoms with Gasteiger partial charge in [0.15, 0.2) is 39.9 Å². The number of fused-ring (bicyclic) bond motifs is 20. The number of aromatic nitrogens is 7. The lowest BCUT2D eigenvalue weighted by Crippen LogP contribution is -2.32. The van der Waals surface area contributed by atoms with Gasteiger partial charge in [0.05, 0.1) is 13.2 Å². The SMILES string of the molecule is CCCc1oc2nc1-c1nc(co1)-c1nc(co1)-c1nc(co1)C(=O)NC(COCc1ccccc1)c1nc(co1)-c1nc(co1)-c1nc-2co1. The summed E-state index contributed by atoms with van der Waals surface area (Å²) in [5, 5.41) is 2.86. The van der Waals surface area contributed by atoms with E-state index in [4.69, 9.17) is 35.7 Å². The number of aryl methyl sites for hydroxylation is 1. The van der Waals surface area contributed by atoms with E-state index in [0.29, 0.717) is 23.6 Å². The molecular weight excluding hydrogens is 664 g/mol. The topological polar surface area (TPSA) is 221 Å². The molecule has 1 aliphatic rings. The summed E-state index contributed by atoms with van der Waals surface area (Å²) in [4.78, 5) is 45.0. The van der Waals surface area contributed by atoms with Gasteiger partial charge in [-0.25, -0.2) is 34.9 Å². The lowest BCUT2D eigenvalue weighted by atomic mass is 10.2. The number of nitrogens with zero attached hydrogens (tertiary/aromatic N) is 7. The van der Waals surface area contributed by atoms with E-state index in [1.54, 1.807) is 0 Å². The number of hydrogen-bond donors (Lipinski definition) is 1. The molecule has 51 heavy (non-hydrogen) atoms. The van der Waals surface area contributed by atoms with E-state index in [2.05, 4.69) is 40.2 Å². The van der Waals surface area contributed by atoms with Gasteiger partial charge in [0, 0.05) is 6.42 Å². The summed E-state index contributed by atoms with van der Waals surface area (Å²) in [6.45, 7) is 2.30. The maximum absolute atomic E-state index is 13.5. The third-order valence-electron chi connectivity index (χ3n) is 7.75. The van der Waals surface area contributed by atoms with Gasteiger partial charge < -0.3 is 41.0 Å². The Kier molecular flexibility index (Phi) is 7.42. The Balaban J connectivity index is 1.10. The van der Waals surface area contributed by atoms with Crippen LogP contribution in [0.3, 0.4) is 0 Å². The van der Waals surface area contributed by atoms with Gasteiger partial charge in [0.1, 0.15) is 49.4 Å². The van der Waals surface area contributed by atoms with E-state index in [0.717, 1.165) is 12.0 Å². The van der Waals surface area contributed by atoms with Gasteiger partial charge in [-0.05, 0) is 12.0 Å². The molecule has 17 nitrogen and oxygen atoms in total. The van der Waals surface area contributed by atoms with Crippen molar-refractivity contribution >= 4 is 5.91 Å². The molecule has 254 valence electrons. The maximum Gasteiger partial charge on any atom is 0.273 e. The molecular formula is C34H24N8O9. The van der Waals surface area contributed by atoms with Gasteiger partial charge in [0.25, 0.3) is 5.91 Å². The molecule has 17 heteroatoms. The standard InChI is InChI=1S/C34H24N8O9/c1-2-6-25-26-34-41-23(15-50-34)32-38-20(12-48-32)29-36-18(11-45-29)27(43)35-19(10-44-9-17-7-4-3-5-8-17)28-37-21(13-46-28)30-39-22(14-47-30)31-40-24(16-49-31)33(42-26)51-25/h3-5,7-8,11-16,19H,2,6,9-10H2,1H3,(H,35,43). The van der Waals surface area contributed by atoms with E-state index in [-0.39, 0.29) is 82.9 Å². The third-order valence-corrected chi connectivity index (χ3v) is 7.75. The molecule has 0 saturated carbocycles. The van der Waals surface area contributed by atoms with Crippen molar-refractivity contribution in [1.82, 2.24) is 40.2 Å². The highest BCUT2D eigenvalue weighted by atomic mass is 16.5. The second kappa shape index (κ2) is 12.5. The first kappa shape index (κ1) is 30.2. The average molecular weight is 689 g/mol. The first-order chi connectivity index (χ1) is 25.1. The van der Waals surface area contributed by atoms with Crippen molar-refractivity contribution in [3.63, 3.8) is 0 Å². The van der Waals surface area contributed by atoms with Crippen LogP contribution in [0.15, 0.2) is 98.8 Å². The predicted molar refractivity (Wildman–Crippen MR) is 170 cm³/mol. The Labute approximate surface area is 285 Å². The van der Waals surface area contributed by atoms with Crippen LogP contribution in [-0.4, -0.2) is 47.4 Å². The van der Waals surface area contributed by atoms with E-state index < -0.39 is 11.9 Å². The fraction of sp³-hybridized carbons (Fsp3) is 0.176. The summed E-state index contributed by atoms with van der Waals surface area (Å²) in [6.07, 6.45) is 9.38. The Bertz CT molecular complexity index is 2460. The molecule has 8 aromatic rings. The molecule has 1 N–H and O–H groups in total. The molecule has 0 saturated heterocycles. The van der Waals surface area contributed by atoms with Crippen molar-refractivity contribution in [2.75, 3.05) is 6.61 Å². The molecule has 0 aliphatic carbocycles. The smallest absolute Gasteiger partial charge is 0.273 e. The zero-order valence-corrected chi connectivity index (χ0v) is 26.6. The number of hydrogen-bond acceptors (Lipinski definition) is 16. The summed E-state index contributed by atoms with van der Waals surface area (Å²) in [5.41, 5.74) is 2.70. The summed E-state index contributed by atoms with van der Waals surface area (Å²) < 4.78 is 46.3. The molecule has 0 spiro atoms. The van der Waals surface area contributed by atoms with Crippen LogP contribution in [0.4, 0.5) is 0 Å². The van der Waals surface area contributed by atoms with Gasteiger partial charge in [0.2, 0.25) is 41.2 Å². The Hall–Kier alpha value is -6.88. The van der Waals surface area contributed by atoms with Crippen LogP contribution in [0.2, 0.25) is 0 Å². The van der Waals surface area contributed by atoms with Gasteiger partial charge in [-0.1, -0.05) is 37.3 Å². The minimum absolute atomic E-state index is 0.00998. The molecule has 0 fully saturated rings. The zero-order chi connectivity index (χ0) is 34.3. The Morgan fingerprint density at radius 2 is 1.16 bits per heavy atom. The van der Waals surface area contributed by atoms with E-state index >= 15 is 0 Å². The number of amides is 1. The van der Waals surface area contributed by atoms with Crippen LogP contribution in [0.5, 0.6) is 0 Å². The molecule has 1 aromatic carbocycles. The number of nitrogens with one attached hydrogen (secondary N) is 1. The van der Waals surface area contributed by atoms with Crippen LogP contribution in [-0.2, 0) is 17.8 Å². The van der Waals surface area contributed by atoms with E-state index in [1.807, 2.05) is 37.3 Å². The quantitative estimate of drug-likeness (QED) is 0.195. The summed E-state index contributed by atoms with van der Waals surface area (Å²) >= 11 is 0. The number of oxazole rings is 7. The fourth-order valence-corrected chi connectivity index (χ4v) is 5.29. The number of benzene rings is 1. The van der Waals surface area contributed by atoms with Crippen molar-refractivity contribution in [2.45, 2.75) is 32.4 Å². The number of carbonyl (C=O) groups excluding carboxylic acids is 1. The Morgan fingerprint density at radius 1 is 0.627 bits per heavy atom. The predicted octanol–water partition coefficient (Wildman–Crippen LogP) is 6.56. The molecule has 1 amide bonds. The number of carbonyl (C=O) groups is 1. The van der Waals surface area contributed by atoms with Crippen LogP contribution in [0, 0.1) is 0 Å². The lowest BCUT2D eigenvalue weighted by molar-refractivity contribution is 0.0751. The highest BCUT2D eigenvalue weighted by Crippen LogP contribution is 2.33. The fourth-order valence-electron chi connectivity index (χ4n) is 5.29. The first-order valence-electron chi connectivity index (χ1n) is 15.8. The Morgan fingerprint density at radius 3 is 1.80 bits per heavy atom. The van der Waals surface area contributed by atoms with Crippen molar-refractivity contribution in [2.24, 2.45) is 0 Å². The summed E-state index contributed by atoms with van der Waals surface area (Å²) in [7, 11) is 0. The zero-order valence-electron chi connectivity index (χ0n) is 26.6. The molecule has 1 atom stereocenters. The van der Waals surface area contributed by atoms with E-state index in [1.165, 1.54) is 37.6 Å². The second-order valence-corrected chi connectivity index (χ2v) is 11.3. The average Bonchev–Trinajstić information content (AvgIpc) is 4.00. The highest BCUT2D eigenvalue weighted by molar-refractivity contribution is 5.92. The number of rotatable bonds is 6. The van der Waals surface area contributed by atoms with Crippen molar-refractivity contribution in [1.29, 1.82) is 0 Å². The van der Waals surface area contributed by atoms with Gasteiger partial charge in [-0.3, -0.25) is 4.79 Å². The van der Waals surface area contributed by atoms with Gasteiger partial charge in [-0.15, -0.1) is 0 Å². The van der Waals surface area contributed by atoms with Crippen molar-refractivity contribution < 1.29 is 40.5 Å². The molecule has 7 aromatic heterocycles. The monoisotopic (exact) mass is 688 g/mol.